The average molecular weight is 202 g/mol. The van der Waals surface area contributed by atoms with E-state index in [0.717, 1.165) is 11.3 Å². The summed E-state index contributed by atoms with van der Waals surface area (Å²) >= 11 is 0. The molecule has 0 aliphatic carbocycles. The highest BCUT2D eigenvalue weighted by Gasteiger charge is 2.29. The number of para-hydroxylation sites is 1. The molecule has 1 aliphatic rings. The Morgan fingerprint density at radius 1 is 1.53 bits per heavy atom. The molecule has 78 valence electrons. The minimum atomic E-state index is -0.398. The summed E-state index contributed by atoms with van der Waals surface area (Å²) in [6.45, 7) is 0.561. The molecule has 2 atom stereocenters. The first kappa shape index (κ1) is 10.1. The lowest BCUT2D eigenvalue weighted by Gasteiger charge is -2.15. The summed E-state index contributed by atoms with van der Waals surface area (Å²) in [6, 6.07) is 7.85. The van der Waals surface area contributed by atoms with E-state index in [1.54, 1.807) is 0 Å². The SMILES string of the molecule is C#CCCC(O)C1COc2ccccc21. The fraction of sp³-hybridized carbons (Fsp3) is 0.385. The smallest absolute Gasteiger partial charge is 0.123 e. The molecule has 2 heteroatoms. The first-order valence-corrected chi connectivity index (χ1v) is 5.16. The third-order valence-corrected chi connectivity index (χ3v) is 2.79. The highest BCUT2D eigenvalue weighted by atomic mass is 16.5. The van der Waals surface area contributed by atoms with Crippen molar-refractivity contribution in [3.8, 4) is 18.1 Å². The summed E-state index contributed by atoms with van der Waals surface area (Å²) in [5.74, 6) is 3.51. The third kappa shape index (κ3) is 1.98. The van der Waals surface area contributed by atoms with Gasteiger partial charge in [0.25, 0.3) is 0 Å². The highest BCUT2D eigenvalue weighted by Crippen LogP contribution is 2.36. The number of ether oxygens (including phenoxy) is 1. The maximum Gasteiger partial charge on any atom is 0.123 e. The van der Waals surface area contributed by atoms with Crippen LogP contribution in [0.4, 0.5) is 0 Å². The molecule has 0 aromatic heterocycles. The number of aliphatic hydroxyl groups excluding tert-OH is 1. The Hall–Kier alpha value is -1.46. The van der Waals surface area contributed by atoms with Crippen molar-refractivity contribution >= 4 is 0 Å². The molecule has 1 aromatic carbocycles. The predicted molar refractivity (Wildman–Crippen MR) is 58.8 cm³/mol. The van der Waals surface area contributed by atoms with Gasteiger partial charge in [-0.2, -0.15) is 0 Å². The van der Waals surface area contributed by atoms with Crippen LogP contribution in [0.25, 0.3) is 0 Å². The molecule has 1 heterocycles. The zero-order chi connectivity index (χ0) is 10.7. The fourth-order valence-electron chi connectivity index (χ4n) is 1.94. The first-order valence-electron chi connectivity index (χ1n) is 5.16. The van der Waals surface area contributed by atoms with E-state index in [0.29, 0.717) is 19.4 Å². The molecule has 0 radical (unpaired) electrons. The van der Waals surface area contributed by atoms with Crippen LogP contribution in [-0.4, -0.2) is 17.8 Å². The Labute approximate surface area is 89.9 Å². The second-order valence-electron chi connectivity index (χ2n) is 3.77. The van der Waals surface area contributed by atoms with E-state index in [4.69, 9.17) is 11.2 Å². The molecule has 0 fully saturated rings. The van der Waals surface area contributed by atoms with Crippen LogP contribution in [0, 0.1) is 12.3 Å². The van der Waals surface area contributed by atoms with Crippen molar-refractivity contribution in [3.63, 3.8) is 0 Å². The Kier molecular flexibility index (Phi) is 2.94. The Morgan fingerprint density at radius 3 is 3.13 bits per heavy atom. The molecule has 15 heavy (non-hydrogen) atoms. The molecule has 1 aliphatic heterocycles. The summed E-state index contributed by atoms with van der Waals surface area (Å²) in [4.78, 5) is 0. The summed E-state index contributed by atoms with van der Waals surface area (Å²) in [5, 5.41) is 9.95. The van der Waals surface area contributed by atoms with Crippen molar-refractivity contribution in [2.45, 2.75) is 24.9 Å². The topological polar surface area (TPSA) is 29.5 Å². The van der Waals surface area contributed by atoms with Crippen molar-refractivity contribution in [1.82, 2.24) is 0 Å². The average Bonchev–Trinajstić information content (AvgIpc) is 2.69. The molecule has 0 spiro atoms. The third-order valence-electron chi connectivity index (χ3n) is 2.79. The standard InChI is InChI=1S/C13H14O2/c1-2-3-7-12(14)11-9-15-13-8-5-4-6-10(11)13/h1,4-6,8,11-12,14H,3,7,9H2. The number of fused-ring (bicyclic) bond motifs is 1. The van der Waals surface area contributed by atoms with Crippen LogP contribution in [-0.2, 0) is 0 Å². The van der Waals surface area contributed by atoms with Crippen LogP contribution in [0.5, 0.6) is 5.75 Å². The van der Waals surface area contributed by atoms with Gasteiger partial charge in [0, 0.05) is 17.9 Å². The van der Waals surface area contributed by atoms with Gasteiger partial charge in [-0.3, -0.25) is 0 Å². The van der Waals surface area contributed by atoms with E-state index in [-0.39, 0.29) is 5.92 Å². The minimum absolute atomic E-state index is 0.0783. The summed E-state index contributed by atoms with van der Waals surface area (Å²) in [7, 11) is 0. The second-order valence-corrected chi connectivity index (χ2v) is 3.77. The number of benzene rings is 1. The molecule has 0 saturated carbocycles. The lowest BCUT2D eigenvalue weighted by atomic mass is 9.93. The molecule has 0 amide bonds. The summed E-state index contributed by atoms with van der Waals surface area (Å²) in [6.07, 6.45) is 6.03. The maximum absolute atomic E-state index is 9.95. The Balaban J connectivity index is 2.10. The number of hydrogen-bond donors (Lipinski definition) is 1. The Morgan fingerprint density at radius 2 is 2.33 bits per heavy atom. The van der Waals surface area contributed by atoms with Gasteiger partial charge in [0.2, 0.25) is 0 Å². The van der Waals surface area contributed by atoms with Gasteiger partial charge in [-0.1, -0.05) is 18.2 Å². The Bertz CT molecular complexity index is 378. The van der Waals surface area contributed by atoms with Gasteiger partial charge in [0.1, 0.15) is 5.75 Å². The van der Waals surface area contributed by atoms with E-state index >= 15 is 0 Å². The lowest BCUT2D eigenvalue weighted by molar-refractivity contribution is 0.122. The summed E-state index contributed by atoms with van der Waals surface area (Å²) < 4.78 is 5.50. The first-order chi connectivity index (χ1) is 7.33. The zero-order valence-electron chi connectivity index (χ0n) is 8.52. The number of hydrogen-bond acceptors (Lipinski definition) is 2. The van der Waals surface area contributed by atoms with Crippen molar-refractivity contribution in [2.75, 3.05) is 6.61 Å². The van der Waals surface area contributed by atoms with E-state index in [1.165, 1.54) is 0 Å². The maximum atomic E-state index is 9.95. The molecule has 1 N–H and O–H groups in total. The quantitative estimate of drug-likeness (QED) is 0.759. The molecule has 0 bridgehead atoms. The van der Waals surface area contributed by atoms with Crippen molar-refractivity contribution in [1.29, 1.82) is 0 Å². The molecular weight excluding hydrogens is 188 g/mol. The van der Waals surface area contributed by atoms with Crippen LogP contribution in [0.3, 0.4) is 0 Å². The predicted octanol–water partition coefficient (Wildman–Crippen LogP) is 1.94. The normalized spacial score (nSPS) is 20.1. The number of rotatable bonds is 3. The van der Waals surface area contributed by atoms with Gasteiger partial charge in [-0.25, -0.2) is 0 Å². The van der Waals surface area contributed by atoms with Crippen LogP contribution in [0.1, 0.15) is 24.3 Å². The van der Waals surface area contributed by atoms with E-state index < -0.39 is 6.10 Å². The fourth-order valence-corrected chi connectivity index (χ4v) is 1.94. The van der Waals surface area contributed by atoms with Gasteiger partial charge in [-0.15, -0.1) is 12.3 Å². The van der Waals surface area contributed by atoms with Gasteiger partial charge >= 0.3 is 0 Å². The second kappa shape index (κ2) is 4.37. The largest absolute Gasteiger partial charge is 0.493 e. The number of aliphatic hydroxyl groups is 1. The monoisotopic (exact) mass is 202 g/mol. The molecule has 0 saturated heterocycles. The van der Waals surface area contributed by atoms with Crippen molar-refractivity contribution in [3.05, 3.63) is 29.8 Å². The van der Waals surface area contributed by atoms with Gasteiger partial charge in [-0.05, 0) is 12.5 Å². The molecule has 2 unspecified atom stereocenters. The van der Waals surface area contributed by atoms with Crippen molar-refractivity contribution < 1.29 is 9.84 Å². The number of terminal acetylenes is 1. The van der Waals surface area contributed by atoms with Gasteiger partial charge in [0.15, 0.2) is 0 Å². The van der Waals surface area contributed by atoms with E-state index in [2.05, 4.69) is 5.92 Å². The van der Waals surface area contributed by atoms with E-state index in [1.807, 2.05) is 24.3 Å². The highest BCUT2D eigenvalue weighted by molar-refractivity contribution is 5.40. The van der Waals surface area contributed by atoms with Crippen LogP contribution in [0.15, 0.2) is 24.3 Å². The van der Waals surface area contributed by atoms with Crippen LogP contribution < -0.4 is 4.74 Å². The minimum Gasteiger partial charge on any atom is -0.493 e. The van der Waals surface area contributed by atoms with Crippen LogP contribution in [0.2, 0.25) is 0 Å². The van der Waals surface area contributed by atoms with E-state index in [9.17, 15) is 5.11 Å². The van der Waals surface area contributed by atoms with Crippen molar-refractivity contribution in [2.24, 2.45) is 0 Å². The lowest BCUT2D eigenvalue weighted by Crippen LogP contribution is -2.19. The van der Waals surface area contributed by atoms with Gasteiger partial charge in [0.05, 0.1) is 12.7 Å². The van der Waals surface area contributed by atoms with Gasteiger partial charge < -0.3 is 9.84 Å². The molecule has 2 nitrogen and oxygen atoms in total. The zero-order valence-corrected chi connectivity index (χ0v) is 8.52. The molecule has 2 rings (SSSR count). The molecule has 1 aromatic rings. The van der Waals surface area contributed by atoms with Crippen LogP contribution >= 0.6 is 0 Å². The molecular formula is C13H14O2. The summed E-state index contributed by atoms with van der Waals surface area (Å²) in [5.41, 5.74) is 1.10.